The number of hydrogen-bond donors (Lipinski definition) is 1. The molecule has 3 nitrogen and oxygen atoms in total. The van der Waals surface area contributed by atoms with Gasteiger partial charge in [-0.3, -0.25) is 4.79 Å². The molecule has 0 aromatic rings. The molecule has 1 fully saturated rings. The molecule has 5 heteroatoms. The maximum Gasteiger partial charge on any atom is 0.223 e. The van der Waals surface area contributed by atoms with Gasteiger partial charge in [-0.25, -0.2) is 0 Å². The highest BCUT2D eigenvalue weighted by Gasteiger charge is 2.47. The van der Waals surface area contributed by atoms with Gasteiger partial charge in [-0.15, -0.1) is 24.8 Å². The van der Waals surface area contributed by atoms with Crippen LogP contribution in [0.25, 0.3) is 0 Å². The Morgan fingerprint density at radius 1 is 1.38 bits per heavy atom. The van der Waals surface area contributed by atoms with E-state index in [1.165, 1.54) is 0 Å². The molecule has 1 rings (SSSR count). The highest BCUT2D eigenvalue weighted by Crippen LogP contribution is 2.48. The Balaban J connectivity index is 0. The molecule has 13 heavy (non-hydrogen) atoms. The number of halogens is 2. The van der Waals surface area contributed by atoms with E-state index in [1.807, 2.05) is 14.1 Å². The van der Waals surface area contributed by atoms with E-state index in [0.717, 1.165) is 25.8 Å². The number of carbonyl (C=O) groups excluding carboxylic acids is 1. The smallest absolute Gasteiger partial charge is 0.223 e. The van der Waals surface area contributed by atoms with Gasteiger partial charge < -0.3 is 10.6 Å². The fraction of sp³-hybridized carbons (Fsp3) is 0.875. The fourth-order valence-corrected chi connectivity index (χ4v) is 1.21. The lowest BCUT2D eigenvalue weighted by atomic mass is 10.0. The number of nitrogens with zero attached hydrogens (tertiary/aromatic N) is 1. The molecule has 0 radical (unpaired) electrons. The summed E-state index contributed by atoms with van der Waals surface area (Å²) < 4.78 is 0. The maximum absolute atomic E-state index is 10.9. The van der Waals surface area contributed by atoms with Crippen LogP contribution in [0.1, 0.15) is 19.3 Å². The highest BCUT2D eigenvalue weighted by atomic mass is 35.5. The van der Waals surface area contributed by atoms with Gasteiger partial charge >= 0.3 is 0 Å². The van der Waals surface area contributed by atoms with Crippen LogP contribution in [0.2, 0.25) is 0 Å². The Hall–Kier alpha value is 0.01000. The number of primary amides is 1. The van der Waals surface area contributed by atoms with Crippen molar-refractivity contribution in [3.05, 3.63) is 0 Å². The second-order valence-electron chi connectivity index (χ2n) is 3.70. The van der Waals surface area contributed by atoms with Crippen molar-refractivity contribution >= 4 is 30.7 Å². The topological polar surface area (TPSA) is 46.3 Å². The van der Waals surface area contributed by atoms with Crippen molar-refractivity contribution in [3.63, 3.8) is 0 Å². The van der Waals surface area contributed by atoms with Crippen LogP contribution in [-0.2, 0) is 4.79 Å². The molecular formula is C8H18Cl2N2O. The molecule has 0 heterocycles. The third-order valence-corrected chi connectivity index (χ3v) is 2.41. The number of amides is 1. The van der Waals surface area contributed by atoms with Crippen LogP contribution in [-0.4, -0.2) is 31.4 Å². The largest absolute Gasteiger partial charge is 0.369 e. The molecule has 0 bridgehead atoms. The van der Waals surface area contributed by atoms with Crippen LogP contribution >= 0.6 is 24.8 Å². The standard InChI is InChI=1S/C8H16N2O.2ClH/c1-10(2)6-5-8(3-4-8)7(9)11;;/h3-6H2,1-2H3,(H2,9,11);2*1H. The SMILES string of the molecule is CN(C)CCC1(C(N)=O)CC1.Cl.Cl. The van der Waals surface area contributed by atoms with Gasteiger partial charge in [0.1, 0.15) is 0 Å². The summed E-state index contributed by atoms with van der Waals surface area (Å²) in [6.07, 6.45) is 2.92. The summed E-state index contributed by atoms with van der Waals surface area (Å²) >= 11 is 0. The van der Waals surface area contributed by atoms with Crippen molar-refractivity contribution in [2.24, 2.45) is 11.1 Å². The fourth-order valence-electron chi connectivity index (χ4n) is 1.21. The summed E-state index contributed by atoms with van der Waals surface area (Å²) in [4.78, 5) is 13.0. The molecule has 0 aromatic carbocycles. The van der Waals surface area contributed by atoms with E-state index < -0.39 is 0 Å². The van der Waals surface area contributed by atoms with Gasteiger partial charge in [-0.2, -0.15) is 0 Å². The molecule has 0 unspecified atom stereocenters. The van der Waals surface area contributed by atoms with Crippen LogP contribution in [0, 0.1) is 5.41 Å². The molecular weight excluding hydrogens is 211 g/mol. The van der Waals surface area contributed by atoms with E-state index in [4.69, 9.17) is 5.73 Å². The second-order valence-corrected chi connectivity index (χ2v) is 3.70. The number of carbonyl (C=O) groups is 1. The first-order chi connectivity index (χ1) is 5.07. The van der Waals surface area contributed by atoms with Crippen LogP contribution in [0.5, 0.6) is 0 Å². The Kier molecular flexibility index (Phi) is 6.76. The zero-order valence-corrected chi connectivity index (χ0v) is 9.71. The Morgan fingerprint density at radius 3 is 2.08 bits per heavy atom. The molecule has 1 aliphatic rings. The van der Waals surface area contributed by atoms with Gasteiger partial charge in [-0.1, -0.05) is 0 Å². The summed E-state index contributed by atoms with van der Waals surface area (Å²) in [6, 6.07) is 0. The number of rotatable bonds is 4. The monoisotopic (exact) mass is 228 g/mol. The molecule has 1 aliphatic carbocycles. The van der Waals surface area contributed by atoms with Crippen molar-refractivity contribution in [2.75, 3.05) is 20.6 Å². The summed E-state index contributed by atoms with van der Waals surface area (Å²) in [7, 11) is 4.02. The average molecular weight is 229 g/mol. The number of hydrogen-bond acceptors (Lipinski definition) is 2. The molecule has 0 atom stereocenters. The first-order valence-corrected chi connectivity index (χ1v) is 4.01. The number of nitrogens with two attached hydrogens (primary N) is 1. The van der Waals surface area contributed by atoms with Gasteiger partial charge in [-0.05, 0) is 39.9 Å². The summed E-state index contributed by atoms with van der Waals surface area (Å²) in [5.74, 6) is -0.112. The third kappa shape index (κ3) is 4.16. The lowest BCUT2D eigenvalue weighted by Crippen LogP contribution is -2.28. The lowest BCUT2D eigenvalue weighted by molar-refractivity contribution is -0.123. The first kappa shape index (κ1) is 15.5. The van der Waals surface area contributed by atoms with E-state index in [-0.39, 0.29) is 36.1 Å². The average Bonchev–Trinajstić information content (AvgIpc) is 2.63. The Morgan fingerprint density at radius 2 is 1.85 bits per heavy atom. The van der Waals surface area contributed by atoms with Crippen LogP contribution in [0.3, 0.4) is 0 Å². The second kappa shape index (κ2) is 5.68. The van der Waals surface area contributed by atoms with E-state index >= 15 is 0 Å². The van der Waals surface area contributed by atoms with Crippen molar-refractivity contribution in [3.8, 4) is 0 Å². The maximum atomic E-state index is 10.9. The third-order valence-electron chi connectivity index (χ3n) is 2.41. The van der Waals surface area contributed by atoms with Crippen molar-refractivity contribution in [1.29, 1.82) is 0 Å². The van der Waals surface area contributed by atoms with Gasteiger partial charge in [0.2, 0.25) is 5.91 Å². The summed E-state index contributed by atoms with van der Waals surface area (Å²) in [6.45, 7) is 0.961. The van der Waals surface area contributed by atoms with Crippen molar-refractivity contribution in [1.82, 2.24) is 4.90 Å². The molecule has 0 aliphatic heterocycles. The van der Waals surface area contributed by atoms with Crippen molar-refractivity contribution < 1.29 is 4.79 Å². The van der Waals surface area contributed by atoms with Gasteiger partial charge in [0, 0.05) is 0 Å². The Labute approximate surface area is 91.9 Å². The molecule has 0 aromatic heterocycles. The minimum absolute atomic E-state index is 0. The summed E-state index contributed by atoms with van der Waals surface area (Å²) in [5, 5.41) is 0. The minimum Gasteiger partial charge on any atom is -0.369 e. The molecule has 2 N–H and O–H groups in total. The molecule has 1 amide bonds. The van der Waals surface area contributed by atoms with Crippen LogP contribution in [0.15, 0.2) is 0 Å². The zero-order valence-electron chi connectivity index (χ0n) is 8.08. The van der Waals surface area contributed by atoms with Crippen LogP contribution < -0.4 is 5.73 Å². The molecule has 80 valence electrons. The Bertz CT molecular complexity index is 170. The predicted octanol–water partition coefficient (Wildman–Crippen LogP) is 1.05. The van der Waals surface area contributed by atoms with Gasteiger partial charge in [0.05, 0.1) is 5.41 Å². The quantitative estimate of drug-likeness (QED) is 0.783. The van der Waals surface area contributed by atoms with Gasteiger partial charge in [0.25, 0.3) is 0 Å². The normalized spacial score (nSPS) is 17.2. The van der Waals surface area contributed by atoms with Crippen molar-refractivity contribution in [2.45, 2.75) is 19.3 Å². The lowest BCUT2D eigenvalue weighted by Gasteiger charge is -2.14. The highest BCUT2D eigenvalue weighted by molar-refractivity contribution is 5.85. The molecule has 0 saturated heterocycles. The van der Waals surface area contributed by atoms with E-state index in [2.05, 4.69) is 4.90 Å². The van der Waals surface area contributed by atoms with Crippen LogP contribution in [0.4, 0.5) is 0 Å². The van der Waals surface area contributed by atoms with E-state index in [1.54, 1.807) is 0 Å². The summed E-state index contributed by atoms with van der Waals surface area (Å²) in [5.41, 5.74) is 5.14. The molecule has 1 saturated carbocycles. The van der Waals surface area contributed by atoms with E-state index in [9.17, 15) is 4.79 Å². The predicted molar refractivity (Wildman–Crippen MR) is 58.5 cm³/mol. The first-order valence-electron chi connectivity index (χ1n) is 4.01. The molecule has 0 spiro atoms. The zero-order chi connectivity index (χ0) is 8.48. The van der Waals surface area contributed by atoms with Gasteiger partial charge in [0.15, 0.2) is 0 Å². The minimum atomic E-state index is -0.121. The van der Waals surface area contributed by atoms with E-state index in [0.29, 0.717) is 0 Å².